The summed E-state index contributed by atoms with van der Waals surface area (Å²) < 4.78 is 37.9. The molecular weight excluding hydrogens is 307 g/mol. The summed E-state index contributed by atoms with van der Waals surface area (Å²) in [7, 11) is 0. The van der Waals surface area contributed by atoms with Gasteiger partial charge in [0, 0.05) is 25.2 Å². The van der Waals surface area contributed by atoms with Crippen LogP contribution in [0.2, 0.25) is 0 Å². The summed E-state index contributed by atoms with van der Waals surface area (Å²) in [5.41, 5.74) is -0.310. The highest BCUT2D eigenvalue weighted by Crippen LogP contribution is 2.32. The molecule has 3 rings (SSSR count). The Kier molecular flexibility index (Phi) is 3.94. The van der Waals surface area contributed by atoms with Crippen LogP contribution >= 0.6 is 0 Å². The molecule has 120 valence electrons. The normalized spacial score (nSPS) is 16.3. The number of nitrogens with one attached hydrogen (secondary N) is 1. The molecule has 2 aromatic heterocycles. The van der Waals surface area contributed by atoms with E-state index in [2.05, 4.69) is 21.0 Å². The zero-order chi connectivity index (χ0) is 16.4. The molecule has 1 aliphatic heterocycles. The van der Waals surface area contributed by atoms with Crippen LogP contribution < -0.4 is 4.90 Å². The molecule has 0 aromatic carbocycles. The monoisotopic (exact) mass is 321 g/mol. The average Bonchev–Trinajstić information content (AvgIpc) is 3.05. The summed E-state index contributed by atoms with van der Waals surface area (Å²) in [4.78, 5) is 12.5. The van der Waals surface area contributed by atoms with Gasteiger partial charge in [-0.05, 0) is 25.0 Å². The van der Waals surface area contributed by atoms with Gasteiger partial charge >= 0.3 is 6.18 Å². The van der Waals surface area contributed by atoms with Crippen molar-refractivity contribution in [1.29, 1.82) is 5.26 Å². The zero-order valence-corrected chi connectivity index (χ0v) is 12.1. The first-order chi connectivity index (χ1) is 11.0. The maximum Gasteiger partial charge on any atom is 0.432 e. The number of aromatic amines is 1. The summed E-state index contributed by atoms with van der Waals surface area (Å²) in [6.07, 6.45) is -0.612. The number of alkyl halides is 3. The first kappa shape index (κ1) is 15.3. The fraction of sp³-hybridized carbons (Fsp3) is 0.400. The van der Waals surface area contributed by atoms with E-state index in [4.69, 9.17) is 5.26 Å². The molecule has 0 aliphatic carbocycles. The maximum absolute atomic E-state index is 12.6. The first-order valence-electron chi connectivity index (χ1n) is 7.21. The van der Waals surface area contributed by atoms with Crippen LogP contribution in [0.15, 0.2) is 24.5 Å². The summed E-state index contributed by atoms with van der Waals surface area (Å²) in [6.45, 7) is 1.25. The minimum absolute atomic E-state index is 0.0448. The molecule has 0 spiro atoms. The van der Waals surface area contributed by atoms with Gasteiger partial charge in [0.25, 0.3) is 0 Å². The summed E-state index contributed by atoms with van der Waals surface area (Å²) >= 11 is 0. The Morgan fingerprint density at radius 1 is 1.26 bits per heavy atom. The number of halogens is 3. The van der Waals surface area contributed by atoms with Gasteiger partial charge in [-0.25, -0.2) is 9.97 Å². The van der Waals surface area contributed by atoms with Crippen LogP contribution in [-0.2, 0) is 6.18 Å². The Hall–Kier alpha value is -2.56. The third-order valence-corrected chi connectivity index (χ3v) is 3.99. The van der Waals surface area contributed by atoms with Gasteiger partial charge in [-0.15, -0.1) is 0 Å². The van der Waals surface area contributed by atoms with E-state index in [0.717, 1.165) is 6.20 Å². The highest BCUT2D eigenvalue weighted by atomic mass is 19.4. The van der Waals surface area contributed by atoms with Gasteiger partial charge in [-0.2, -0.15) is 18.4 Å². The Balaban J connectivity index is 1.69. The molecule has 0 amide bonds. The Bertz CT molecular complexity index is 723. The highest BCUT2D eigenvalue weighted by molar-refractivity contribution is 5.53. The molecule has 1 aliphatic rings. The van der Waals surface area contributed by atoms with E-state index < -0.39 is 11.9 Å². The molecule has 0 atom stereocenters. The molecule has 0 saturated carbocycles. The molecule has 0 unspecified atom stereocenters. The predicted octanol–water partition coefficient (Wildman–Crippen LogP) is 3.08. The van der Waals surface area contributed by atoms with Crippen LogP contribution in [0.25, 0.3) is 0 Å². The molecule has 1 fully saturated rings. The van der Waals surface area contributed by atoms with E-state index in [-0.39, 0.29) is 5.92 Å². The summed E-state index contributed by atoms with van der Waals surface area (Å²) in [5.74, 6) is 0.957. The number of piperidine rings is 1. The number of nitriles is 1. The van der Waals surface area contributed by atoms with Crippen LogP contribution in [0.1, 0.15) is 35.8 Å². The van der Waals surface area contributed by atoms with Crippen LogP contribution in [0.5, 0.6) is 0 Å². The van der Waals surface area contributed by atoms with Gasteiger partial charge in [-0.1, -0.05) is 0 Å². The number of hydrogen-bond donors (Lipinski definition) is 1. The van der Waals surface area contributed by atoms with Crippen LogP contribution in [0.3, 0.4) is 0 Å². The number of nitrogens with zero attached hydrogens (tertiary/aromatic N) is 4. The Labute approximate surface area is 130 Å². The van der Waals surface area contributed by atoms with Gasteiger partial charge in [0.2, 0.25) is 0 Å². The fourth-order valence-electron chi connectivity index (χ4n) is 2.79. The van der Waals surface area contributed by atoms with E-state index in [9.17, 15) is 13.2 Å². The molecule has 1 saturated heterocycles. The van der Waals surface area contributed by atoms with Crippen molar-refractivity contribution >= 4 is 5.82 Å². The van der Waals surface area contributed by atoms with Crippen molar-refractivity contribution in [2.45, 2.75) is 24.9 Å². The smallest absolute Gasteiger partial charge is 0.355 e. The molecule has 2 aromatic rings. The minimum Gasteiger partial charge on any atom is -0.355 e. The minimum atomic E-state index is -4.40. The number of imidazole rings is 1. The van der Waals surface area contributed by atoms with Gasteiger partial charge in [0.15, 0.2) is 0 Å². The second kappa shape index (κ2) is 5.91. The van der Waals surface area contributed by atoms with E-state index in [1.807, 2.05) is 4.90 Å². The molecule has 1 N–H and O–H groups in total. The van der Waals surface area contributed by atoms with Crippen molar-refractivity contribution in [2.24, 2.45) is 0 Å². The lowest BCUT2D eigenvalue weighted by atomic mass is 9.96. The highest BCUT2D eigenvalue weighted by Gasteiger charge is 2.34. The van der Waals surface area contributed by atoms with Crippen molar-refractivity contribution in [1.82, 2.24) is 15.0 Å². The predicted molar refractivity (Wildman–Crippen MR) is 76.7 cm³/mol. The molecule has 5 nitrogen and oxygen atoms in total. The van der Waals surface area contributed by atoms with Crippen molar-refractivity contribution in [3.05, 3.63) is 41.6 Å². The quantitative estimate of drug-likeness (QED) is 0.923. The second-order valence-corrected chi connectivity index (χ2v) is 5.43. The fourth-order valence-corrected chi connectivity index (χ4v) is 2.79. The molecular formula is C15H14F3N5. The molecule has 0 radical (unpaired) electrons. The molecule has 3 heterocycles. The van der Waals surface area contributed by atoms with Gasteiger partial charge < -0.3 is 9.88 Å². The van der Waals surface area contributed by atoms with E-state index >= 15 is 0 Å². The van der Waals surface area contributed by atoms with Gasteiger partial charge in [0.1, 0.15) is 23.4 Å². The Morgan fingerprint density at radius 2 is 2.00 bits per heavy atom. The number of pyridine rings is 1. The number of aromatic nitrogens is 3. The second-order valence-electron chi connectivity index (χ2n) is 5.43. The van der Waals surface area contributed by atoms with E-state index in [0.29, 0.717) is 43.1 Å². The lowest BCUT2D eigenvalue weighted by Crippen LogP contribution is -2.34. The zero-order valence-electron chi connectivity index (χ0n) is 12.1. The lowest BCUT2D eigenvalue weighted by Gasteiger charge is -2.32. The third-order valence-electron chi connectivity index (χ3n) is 3.99. The van der Waals surface area contributed by atoms with E-state index in [1.165, 1.54) is 0 Å². The lowest BCUT2D eigenvalue weighted by molar-refractivity contribution is -0.141. The van der Waals surface area contributed by atoms with Gasteiger partial charge in [0.05, 0.1) is 11.8 Å². The maximum atomic E-state index is 12.6. The average molecular weight is 321 g/mol. The molecule has 0 bridgehead atoms. The number of rotatable bonds is 2. The third kappa shape index (κ3) is 3.13. The standard InChI is InChI=1S/C15H14F3N5/c16-15(17,18)12-9-21-13(22-12)10-3-6-23(7-4-10)14-11(8-19)2-1-5-20-14/h1-2,5,9-10H,3-4,6-7H2,(H,21,22). The summed E-state index contributed by atoms with van der Waals surface area (Å²) in [6, 6.07) is 5.52. The van der Waals surface area contributed by atoms with Crippen molar-refractivity contribution in [3.63, 3.8) is 0 Å². The van der Waals surface area contributed by atoms with Crippen LogP contribution in [0.4, 0.5) is 19.0 Å². The largest absolute Gasteiger partial charge is 0.432 e. The van der Waals surface area contributed by atoms with Crippen molar-refractivity contribution < 1.29 is 13.2 Å². The first-order valence-corrected chi connectivity index (χ1v) is 7.21. The van der Waals surface area contributed by atoms with Crippen molar-refractivity contribution in [2.75, 3.05) is 18.0 Å². The molecule has 8 heteroatoms. The van der Waals surface area contributed by atoms with Crippen LogP contribution in [0, 0.1) is 11.3 Å². The van der Waals surface area contributed by atoms with Crippen LogP contribution in [-0.4, -0.2) is 28.0 Å². The molecule has 23 heavy (non-hydrogen) atoms. The van der Waals surface area contributed by atoms with Crippen molar-refractivity contribution in [3.8, 4) is 6.07 Å². The summed E-state index contributed by atoms with van der Waals surface area (Å²) in [5, 5.41) is 9.12. The van der Waals surface area contributed by atoms with Gasteiger partial charge in [-0.3, -0.25) is 0 Å². The number of hydrogen-bond acceptors (Lipinski definition) is 4. The topological polar surface area (TPSA) is 68.6 Å². The number of H-pyrrole nitrogens is 1. The Morgan fingerprint density at radius 3 is 2.61 bits per heavy atom. The SMILES string of the molecule is N#Cc1cccnc1N1CCC(c2ncc(C(F)(F)F)[nH]2)CC1. The van der Waals surface area contributed by atoms with E-state index in [1.54, 1.807) is 18.3 Å². The number of anilines is 1.